The predicted molar refractivity (Wildman–Crippen MR) is 72.2 cm³/mol. The molecule has 18 heavy (non-hydrogen) atoms. The summed E-state index contributed by atoms with van der Waals surface area (Å²) in [7, 11) is 0. The molecule has 0 bridgehead atoms. The Hall–Kier alpha value is -1.15. The number of hydrogen-bond donors (Lipinski definition) is 0. The monoisotopic (exact) mass is 246 g/mol. The minimum Gasteiger partial charge on any atom is -0.376 e. The molecule has 0 aromatic heterocycles. The van der Waals surface area contributed by atoms with Crippen molar-refractivity contribution in [1.29, 1.82) is 0 Å². The van der Waals surface area contributed by atoms with Gasteiger partial charge in [0.05, 0.1) is 13.2 Å². The van der Waals surface area contributed by atoms with Gasteiger partial charge >= 0.3 is 0 Å². The molecule has 1 fully saturated rings. The number of ether oxygens (including phenoxy) is 1. The van der Waals surface area contributed by atoms with Gasteiger partial charge in [0.15, 0.2) is 0 Å². The van der Waals surface area contributed by atoms with E-state index in [4.69, 9.17) is 4.74 Å². The highest BCUT2D eigenvalue weighted by Gasteiger charge is 2.35. The Morgan fingerprint density at radius 2 is 2.00 bits per heavy atom. The lowest BCUT2D eigenvalue weighted by Gasteiger charge is -2.37. The molecule has 0 radical (unpaired) electrons. The number of carbonyl (C=O) groups excluding carboxylic acids is 1. The molecule has 0 N–H and O–H groups in total. The zero-order valence-electron chi connectivity index (χ0n) is 11.3. The van der Waals surface area contributed by atoms with Crippen molar-refractivity contribution in [1.82, 2.24) is 0 Å². The zero-order chi connectivity index (χ0) is 13.0. The van der Waals surface area contributed by atoms with Crippen molar-refractivity contribution in [3.63, 3.8) is 0 Å². The molecule has 1 aliphatic carbocycles. The summed E-state index contributed by atoms with van der Waals surface area (Å²) < 4.78 is 5.82. The molecule has 1 saturated carbocycles. The van der Waals surface area contributed by atoms with Gasteiger partial charge in [0.1, 0.15) is 5.78 Å². The summed E-state index contributed by atoms with van der Waals surface area (Å²) in [6.45, 7) is 5.79. The lowest BCUT2D eigenvalue weighted by atomic mass is 9.69. The molecule has 2 nitrogen and oxygen atoms in total. The van der Waals surface area contributed by atoms with Crippen LogP contribution in [0.2, 0.25) is 0 Å². The average molecular weight is 246 g/mol. The summed E-state index contributed by atoms with van der Waals surface area (Å²) in [6, 6.07) is 10.2. The molecular formula is C16H22O2. The molecule has 0 saturated heterocycles. The highest BCUT2D eigenvalue weighted by atomic mass is 16.5. The zero-order valence-corrected chi connectivity index (χ0v) is 11.3. The molecule has 0 spiro atoms. The van der Waals surface area contributed by atoms with Crippen LogP contribution in [0.1, 0.15) is 38.7 Å². The first kappa shape index (κ1) is 13.3. The fourth-order valence-electron chi connectivity index (χ4n) is 2.67. The third kappa shape index (κ3) is 3.42. The van der Waals surface area contributed by atoms with Crippen LogP contribution in [0.5, 0.6) is 0 Å². The maximum absolute atomic E-state index is 11.5. The van der Waals surface area contributed by atoms with Crippen molar-refractivity contribution < 1.29 is 9.53 Å². The van der Waals surface area contributed by atoms with Gasteiger partial charge in [-0.2, -0.15) is 0 Å². The summed E-state index contributed by atoms with van der Waals surface area (Å²) in [4.78, 5) is 11.5. The average Bonchev–Trinajstić information content (AvgIpc) is 2.32. The van der Waals surface area contributed by atoms with E-state index < -0.39 is 0 Å². The number of carbonyl (C=O) groups is 1. The summed E-state index contributed by atoms with van der Waals surface area (Å²) in [5, 5.41) is 0. The van der Waals surface area contributed by atoms with E-state index in [1.54, 1.807) is 0 Å². The SMILES string of the molecule is CC1(C)CC(=O)CCC1COCc1ccccc1. The number of ketones is 1. The van der Waals surface area contributed by atoms with Crippen LogP contribution < -0.4 is 0 Å². The third-order valence-corrected chi connectivity index (χ3v) is 3.96. The van der Waals surface area contributed by atoms with E-state index in [2.05, 4.69) is 26.0 Å². The smallest absolute Gasteiger partial charge is 0.133 e. The first-order valence-electron chi connectivity index (χ1n) is 6.71. The normalized spacial score (nSPS) is 23.0. The van der Waals surface area contributed by atoms with E-state index >= 15 is 0 Å². The van der Waals surface area contributed by atoms with E-state index in [1.165, 1.54) is 5.56 Å². The first-order valence-corrected chi connectivity index (χ1v) is 6.71. The topological polar surface area (TPSA) is 26.3 Å². The van der Waals surface area contributed by atoms with E-state index in [1.807, 2.05) is 18.2 Å². The Morgan fingerprint density at radius 3 is 2.67 bits per heavy atom. The minimum absolute atomic E-state index is 0.0893. The number of Topliss-reactive ketones (excluding diaryl/α,β-unsaturated/α-hetero) is 1. The summed E-state index contributed by atoms with van der Waals surface area (Å²) >= 11 is 0. The van der Waals surface area contributed by atoms with Crippen molar-refractivity contribution in [3.8, 4) is 0 Å². The van der Waals surface area contributed by atoms with Crippen LogP contribution >= 0.6 is 0 Å². The molecule has 1 aliphatic rings. The number of hydrogen-bond acceptors (Lipinski definition) is 2. The summed E-state index contributed by atoms with van der Waals surface area (Å²) in [6.07, 6.45) is 2.40. The van der Waals surface area contributed by atoms with E-state index in [0.29, 0.717) is 24.7 Å². The lowest BCUT2D eigenvalue weighted by Crippen LogP contribution is -2.35. The fraction of sp³-hybridized carbons (Fsp3) is 0.562. The largest absolute Gasteiger partial charge is 0.376 e. The van der Waals surface area contributed by atoms with Gasteiger partial charge in [-0.1, -0.05) is 44.2 Å². The highest BCUT2D eigenvalue weighted by Crippen LogP contribution is 2.39. The Balaban J connectivity index is 1.81. The second-order valence-electron chi connectivity index (χ2n) is 5.94. The molecule has 1 aromatic rings. The van der Waals surface area contributed by atoms with E-state index in [-0.39, 0.29) is 5.41 Å². The van der Waals surface area contributed by atoms with Crippen molar-refractivity contribution in [2.45, 2.75) is 39.7 Å². The van der Waals surface area contributed by atoms with Gasteiger partial charge in [-0.3, -0.25) is 4.79 Å². The van der Waals surface area contributed by atoms with Crippen LogP contribution in [0, 0.1) is 11.3 Å². The van der Waals surface area contributed by atoms with Crippen molar-refractivity contribution in [2.75, 3.05) is 6.61 Å². The molecule has 98 valence electrons. The van der Waals surface area contributed by atoms with Gasteiger partial charge in [-0.25, -0.2) is 0 Å². The first-order chi connectivity index (χ1) is 8.58. The van der Waals surface area contributed by atoms with Gasteiger partial charge in [0.25, 0.3) is 0 Å². The second-order valence-corrected chi connectivity index (χ2v) is 5.94. The molecule has 2 rings (SSSR count). The van der Waals surface area contributed by atoms with Gasteiger partial charge in [-0.05, 0) is 23.3 Å². The summed E-state index contributed by atoms with van der Waals surface area (Å²) in [5.74, 6) is 0.901. The van der Waals surface area contributed by atoms with E-state index in [0.717, 1.165) is 19.4 Å². The minimum atomic E-state index is 0.0893. The molecule has 1 aromatic carbocycles. The Bertz CT molecular complexity index is 395. The molecular weight excluding hydrogens is 224 g/mol. The van der Waals surface area contributed by atoms with Crippen LogP contribution in [0.25, 0.3) is 0 Å². The third-order valence-electron chi connectivity index (χ3n) is 3.96. The van der Waals surface area contributed by atoms with Gasteiger partial charge < -0.3 is 4.74 Å². The van der Waals surface area contributed by atoms with Crippen LogP contribution in [-0.4, -0.2) is 12.4 Å². The van der Waals surface area contributed by atoms with Crippen molar-refractivity contribution >= 4 is 5.78 Å². The maximum Gasteiger partial charge on any atom is 0.133 e. The van der Waals surface area contributed by atoms with Crippen LogP contribution in [0.4, 0.5) is 0 Å². The fourth-order valence-corrected chi connectivity index (χ4v) is 2.67. The Kier molecular flexibility index (Phi) is 4.18. The number of rotatable bonds is 4. The molecule has 1 atom stereocenters. The second kappa shape index (κ2) is 5.66. The molecule has 0 amide bonds. The molecule has 2 heteroatoms. The quantitative estimate of drug-likeness (QED) is 0.811. The standard InChI is InChI=1S/C16H22O2/c1-16(2)10-15(17)9-8-14(16)12-18-11-13-6-4-3-5-7-13/h3-7,14H,8-12H2,1-2H3. The molecule has 0 heterocycles. The van der Waals surface area contributed by atoms with Crippen LogP contribution in [0.3, 0.4) is 0 Å². The predicted octanol–water partition coefficient (Wildman–Crippen LogP) is 3.60. The Labute approximate surface area is 109 Å². The Morgan fingerprint density at radius 1 is 1.28 bits per heavy atom. The van der Waals surface area contributed by atoms with Crippen molar-refractivity contribution in [3.05, 3.63) is 35.9 Å². The van der Waals surface area contributed by atoms with Gasteiger partial charge in [-0.15, -0.1) is 0 Å². The number of benzene rings is 1. The highest BCUT2D eigenvalue weighted by molar-refractivity contribution is 5.79. The lowest BCUT2D eigenvalue weighted by molar-refractivity contribution is -0.126. The summed E-state index contributed by atoms with van der Waals surface area (Å²) in [5.41, 5.74) is 1.30. The maximum atomic E-state index is 11.5. The van der Waals surface area contributed by atoms with Crippen molar-refractivity contribution in [2.24, 2.45) is 11.3 Å². The molecule has 1 unspecified atom stereocenters. The molecule has 0 aliphatic heterocycles. The van der Waals surface area contributed by atoms with Crippen LogP contribution in [0.15, 0.2) is 30.3 Å². The van der Waals surface area contributed by atoms with Gasteiger partial charge in [0, 0.05) is 12.8 Å². The van der Waals surface area contributed by atoms with Gasteiger partial charge in [0.2, 0.25) is 0 Å². The van der Waals surface area contributed by atoms with Crippen LogP contribution in [-0.2, 0) is 16.1 Å². The van der Waals surface area contributed by atoms with E-state index in [9.17, 15) is 4.79 Å².